The molecule has 130 valence electrons. The predicted octanol–water partition coefficient (Wildman–Crippen LogP) is 4.64. The molecule has 1 amide bonds. The molecule has 0 bridgehead atoms. The number of carbonyl (C=O) groups excluding carboxylic acids is 1. The zero-order chi connectivity index (χ0) is 18.0. The van der Waals surface area contributed by atoms with Crippen molar-refractivity contribution in [3.8, 4) is 5.75 Å². The number of hydrogen-bond acceptors (Lipinski definition) is 2. The lowest BCUT2D eigenvalue weighted by atomic mass is 10.1. The van der Waals surface area contributed by atoms with Gasteiger partial charge in [-0.1, -0.05) is 18.2 Å². The van der Waals surface area contributed by atoms with Gasteiger partial charge in [-0.15, -0.1) is 0 Å². The van der Waals surface area contributed by atoms with E-state index in [1.165, 1.54) is 0 Å². The number of aromatic nitrogens is 1. The van der Waals surface area contributed by atoms with Crippen molar-refractivity contribution in [2.24, 2.45) is 0 Å². The van der Waals surface area contributed by atoms with Gasteiger partial charge in [0.1, 0.15) is 11.4 Å². The molecule has 0 aliphatic heterocycles. The lowest BCUT2D eigenvalue weighted by Gasteiger charge is -2.19. The Kier molecular flexibility index (Phi) is 4.79. The van der Waals surface area contributed by atoms with Crippen LogP contribution in [0.15, 0.2) is 48.5 Å². The molecule has 1 aromatic heterocycles. The van der Waals surface area contributed by atoms with E-state index in [2.05, 4.69) is 11.5 Å². The number of para-hydroxylation sites is 1. The summed E-state index contributed by atoms with van der Waals surface area (Å²) >= 11 is 0. The average molecular weight is 336 g/mol. The van der Waals surface area contributed by atoms with Crippen LogP contribution in [0.4, 0.5) is 5.69 Å². The standard InChI is InChI=1S/C21H24N2O2/c1-5-23-19-13-12-17(25-6-2)14-18(19)15(3)20(23)21(24)22(4)16-10-8-7-9-11-16/h7-14H,5-6H2,1-4H3. The lowest BCUT2D eigenvalue weighted by Crippen LogP contribution is -2.29. The second kappa shape index (κ2) is 7.01. The van der Waals surface area contributed by atoms with Gasteiger partial charge in [-0.2, -0.15) is 0 Å². The van der Waals surface area contributed by atoms with Crippen LogP contribution in [-0.2, 0) is 6.54 Å². The fourth-order valence-electron chi connectivity index (χ4n) is 3.29. The quantitative estimate of drug-likeness (QED) is 0.680. The van der Waals surface area contributed by atoms with Crippen LogP contribution in [0.1, 0.15) is 29.9 Å². The lowest BCUT2D eigenvalue weighted by molar-refractivity contribution is 0.0984. The van der Waals surface area contributed by atoms with Crippen molar-refractivity contribution >= 4 is 22.5 Å². The van der Waals surface area contributed by atoms with E-state index in [1.807, 2.05) is 69.4 Å². The van der Waals surface area contributed by atoms with Gasteiger partial charge in [-0.25, -0.2) is 0 Å². The normalized spacial score (nSPS) is 10.9. The van der Waals surface area contributed by atoms with Gasteiger partial charge in [-0.05, 0) is 56.7 Å². The van der Waals surface area contributed by atoms with E-state index in [-0.39, 0.29) is 5.91 Å². The number of aryl methyl sites for hydroxylation is 2. The minimum absolute atomic E-state index is 0.000269. The van der Waals surface area contributed by atoms with E-state index in [9.17, 15) is 4.79 Å². The van der Waals surface area contributed by atoms with Crippen LogP contribution in [0.3, 0.4) is 0 Å². The van der Waals surface area contributed by atoms with Crippen LogP contribution in [0.5, 0.6) is 5.75 Å². The van der Waals surface area contributed by atoms with Crippen LogP contribution in [0.25, 0.3) is 10.9 Å². The highest BCUT2D eigenvalue weighted by atomic mass is 16.5. The maximum absolute atomic E-state index is 13.2. The molecule has 3 rings (SSSR count). The van der Waals surface area contributed by atoms with Gasteiger partial charge in [0.2, 0.25) is 0 Å². The minimum Gasteiger partial charge on any atom is -0.494 e. The maximum Gasteiger partial charge on any atom is 0.274 e. The monoisotopic (exact) mass is 336 g/mol. The van der Waals surface area contributed by atoms with Crippen LogP contribution in [0.2, 0.25) is 0 Å². The first kappa shape index (κ1) is 17.1. The summed E-state index contributed by atoms with van der Waals surface area (Å²) in [4.78, 5) is 14.9. The molecule has 4 nitrogen and oxygen atoms in total. The van der Waals surface area contributed by atoms with Gasteiger partial charge < -0.3 is 14.2 Å². The number of nitrogens with zero attached hydrogens (tertiary/aromatic N) is 2. The molecule has 0 fully saturated rings. The van der Waals surface area contributed by atoms with Crippen molar-refractivity contribution in [1.29, 1.82) is 0 Å². The number of benzene rings is 2. The second-order valence-corrected chi connectivity index (χ2v) is 6.03. The van der Waals surface area contributed by atoms with E-state index in [1.54, 1.807) is 4.90 Å². The van der Waals surface area contributed by atoms with E-state index < -0.39 is 0 Å². The zero-order valence-corrected chi connectivity index (χ0v) is 15.2. The summed E-state index contributed by atoms with van der Waals surface area (Å²) < 4.78 is 7.71. The molecule has 0 spiro atoms. The van der Waals surface area contributed by atoms with E-state index in [0.717, 1.165) is 40.1 Å². The molecule has 0 saturated carbocycles. The Morgan fingerprint density at radius 3 is 2.48 bits per heavy atom. The third-order valence-electron chi connectivity index (χ3n) is 4.57. The molecule has 0 N–H and O–H groups in total. The average Bonchev–Trinajstić information content (AvgIpc) is 2.93. The summed E-state index contributed by atoms with van der Waals surface area (Å²) in [6.07, 6.45) is 0. The Labute approximate surface area is 148 Å². The second-order valence-electron chi connectivity index (χ2n) is 6.03. The van der Waals surface area contributed by atoms with E-state index >= 15 is 0 Å². The molecule has 1 heterocycles. The molecule has 4 heteroatoms. The molecule has 0 radical (unpaired) electrons. The fraction of sp³-hybridized carbons (Fsp3) is 0.286. The van der Waals surface area contributed by atoms with Crippen molar-refractivity contribution in [3.05, 3.63) is 59.8 Å². The molecule has 25 heavy (non-hydrogen) atoms. The first-order valence-electron chi connectivity index (χ1n) is 8.67. The number of amides is 1. The predicted molar refractivity (Wildman–Crippen MR) is 103 cm³/mol. The van der Waals surface area contributed by atoms with Crippen molar-refractivity contribution in [3.63, 3.8) is 0 Å². The Morgan fingerprint density at radius 2 is 1.84 bits per heavy atom. The molecule has 0 atom stereocenters. The fourth-order valence-corrected chi connectivity index (χ4v) is 3.29. The number of rotatable bonds is 5. The molecule has 0 saturated heterocycles. The van der Waals surface area contributed by atoms with Crippen LogP contribution < -0.4 is 9.64 Å². The first-order chi connectivity index (χ1) is 12.1. The zero-order valence-electron chi connectivity index (χ0n) is 15.2. The van der Waals surface area contributed by atoms with Crippen LogP contribution in [-0.4, -0.2) is 24.1 Å². The highest BCUT2D eigenvalue weighted by Gasteiger charge is 2.23. The highest BCUT2D eigenvalue weighted by molar-refractivity contribution is 6.09. The number of fused-ring (bicyclic) bond motifs is 1. The summed E-state index contributed by atoms with van der Waals surface area (Å²) in [5.74, 6) is 0.835. The first-order valence-corrected chi connectivity index (χ1v) is 8.67. The van der Waals surface area contributed by atoms with Gasteiger partial charge in [0.25, 0.3) is 5.91 Å². The minimum atomic E-state index is -0.000269. The Hall–Kier alpha value is -2.75. The number of hydrogen-bond donors (Lipinski definition) is 0. The topological polar surface area (TPSA) is 34.5 Å². The Balaban J connectivity index is 2.11. The Bertz CT molecular complexity index is 897. The Morgan fingerprint density at radius 1 is 1.12 bits per heavy atom. The summed E-state index contributed by atoms with van der Waals surface area (Å²) in [7, 11) is 1.82. The number of ether oxygens (including phenoxy) is 1. The summed E-state index contributed by atoms with van der Waals surface area (Å²) in [6, 6.07) is 15.7. The molecule has 3 aromatic rings. The van der Waals surface area contributed by atoms with Gasteiger partial charge in [-0.3, -0.25) is 4.79 Å². The SMILES string of the molecule is CCOc1ccc2c(c1)c(C)c(C(=O)N(C)c1ccccc1)n2CC. The molecule has 0 aliphatic rings. The summed E-state index contributed by atoms with van der Waals surface area (Å²) in [6.45, 7) is 7.41. The molecule has 0 aliphatic carbocycles. The molecule has 2 aromatic carbocycles. The van der Waals surface area contributed by atoms with Crippen molar-refractivity contribution in [2.45, 2.75) is 27.3 Å². The van der Waals surface area contributed by atoms with Crippen molar-refractivity contribution < 1.29 is 9.53 Å². The smallest absolute Gasteiger partial charge is 0.274 e. The third kappa shape index (κ3) is 3.00. The van der Waals surface area contributed by atoms with E-state index in [4.69, 9.17) is 4.74 Å². The number of anilines is 1. The van der Waals surface area contributed by atoms with Gasteiger partial charge >= 0.3 is 0 Å². The van der Waals surface area contributed by atoms with Crippen LogP contribution >= 0.6 is 0 Å². The van der Waals surface area contributed by atoms with Crippen molar-refractivity contribution in [1.82, 2.24) is 4.57 Å². The molecule has 0 unspecified atom stereocenters. The molecular weight excluding hydrogens is 312 g/mol. The summed E-state index contributed by atoms with van der Waals surface area (Å²) in [5.41, 5.74) is 3.67. The maximum atomic E-state index is 13.2. The van der Waals surface area contributed by atoms with Gasteiger partial charge in [0.05, 0.1) is 6.61 Å². The summed E-state index contributed by atoms with van der Waals surface area (Å²) in [5, 5.41) is 1.07. The number of carbonyl (C=O) groups is 1. The van der Waals surface area contributed by atoms with Crippen LogP contribution in [0, 0.1) is 6.92 Å². The van der Waals surface area contributed by atoms with Gasteiger partial charge in [0.15, 0.2) is 0 Å². The molecular formula is C21H24N2O2. The van der Waals surface area contributed by atoms with Gasteiger partial charge in [0, 0.05) is 30.2 Å². The van der Waals surface area contributed by atoms with Crippen molar-refractivity contribution in [2.75, 3.05) is 18.6 Å². The van der Waals surface area contributed by atoms with E-state index in [0.29, 0.717) is 6.61 Å². The largest absolute Gasteiger partial charge is 0.494 e. The highest BCUT2D eigenvalue weighted by Crippen LogP contribution is 2.30. The third-order valence-corrected chi connectivity index (χ3v) is 4.57.